The fraction of sp³-hybridized carbons (Fsp3) is 0.385. The van der Waals surface area contributed by atoms with E-state index in [0.29, 0.717) is 28.8 Å². The lowest BCUT2D eigenvalue weighted by molar-refractivity contribution is 0.0722. The molecule has 1 aromatic heterocycles. The summed E-state index contributed by atoms with van der Waals surface area (Å²) in [7, 11) is 5.54. The largest absolute Gasteiger partial charge is 0.497 e. The standard InChI is InChI=1S/C26H30N2O5/c1-16(2)32-18-9-7-17(8-10-18)23-22-24(29)20-12-11-19(31-5)15-21(20)33-25(22)26(30)28(23)14-6-13-27(3)4/h7-12,15-16,23H,6,13-14H2,1-5H3/t23-/m0/s1. The van der Waals surface area contributed by atoms with Gasteiger partial charge >= 0.3 is 0 Å². The maximum absolute atomic E-state index is 13.6. The molecule has 0 unspecified atom stereocenters. The highest BCUT2D eigenvalue weighted by Gasteiger charge is 2.42. The van der Waals surface area contributed by atoms with Gasteiger partial charge in [-0.25, -0.2) is 0 Å². The van der Waals surface area contributed by atoms with Gasteiger partial charge in [-0.15, -0.1) is 0 Å². The highest BCUT2D eigenvalue weighted by molar-refractivity contribution is 5.99. The molecule has 3 aromatic rings. The zero-order valence-corrected chi connectivity index (χ0v) is 19.8. The molecule has 4 rings (SSSR count). The number of amides is 1. The van der Waals surface area contributed by atoms with Gasteiger partial charge in [0.25, 0.3) is 5.91 Å². The van der Waals surface area contributed by atoms with Crippen molar-refractivity contribution >= 4 is 16.9 Å². The van der Waals surface area contributed by atoms with Crippen LogP contribution >= 0.6 is 0 Å². The number of hydrogen-bond acceptors (Lipinski definition) is 6. The van der Waals surface area contributed by atoms with Crippen molar-refractivity contribution in [2.24, 2.45) is 0 Å². The van der Waals surface area contributed by atoms with Crippen molar-refractivity contribution in [1.82, 2.24) is 9.80 Å². The van der Waals surface area contributed by atoms with Gasteiger partial charge in [0.2, 0.25) is 5.76 Å². The van der Waals surface area contributed by atoms with Gasteiger partial charge < -0.3 is 23.7 Å². The van der Waals surface area contributed by atoms with Crippen LogP contribution in [0.2, 0.25) is 0 Å². The van der Waals surface area contributed by atoms with E-state index >= 15 is 0 Å². The zero-order chi connectivity index (χ0) is 23.7. The van der Waals surface area contributed by atoms with Gasteiger partial charge in [-0.3, -0.25) is 9.59 Å². The minimum Gasteiger partial charge on any atom is -0.497 e. The van der Waals surface area contributed by atoms with Crippen molar-refractivity contribution in [2.75, 3.05) is 34.3 Å². The summed E-state index contributed by atoms with van der Waals surface area (Å²) in [5, 5.41) is 0.433. The second-order valence-electron chi connectivity index (χ2n) is 8.83. The first kappa shape index (κ1) is 22.9. The van der Waals surface area contributed by atoms with Crippen LogP contribution in [-0.2, 0) is 0 Å². The second kappa shape index (κ2) is 9.27. The van der Waals surface area contributed by atoms with E-state index in [2.05, 4.69) is 4.90 Å². The van der Waals surface area contributed by atoms with E-state index in [9.17, 15) is 9.59 Å². The van der Waals surface area contributed by atoms with Crippen molar-refractivity contribution in [3.05, 3.63) is 69.6 Å². The van der Waals surface area contributed by atoms with Crippen LogP contribution in [0.25, 0.3) is 11.0 Å². The van der Waals surface area contributed by atoms with Gasteiger partial charge in [0.05, 0.1) is 30.2 Å². The summed E-state index contributed by atoms with van der Waals surface area (Å²) in [4.78, 5) is 30.8. The van der Waals surface area contributed by atoms with E-state index in [-0.39, 0.29) is 23.2 Å². The minimum atomic E-state index is -0.509. The van der Waals surface area contributed by atoms with Crippen LogP contribution in [0, 0.1) is 0 Å². The number of nitrogens with zero attached hydrogens (tertiary/aromatic N) is 2. The molecule has 2 heterocycles. The molecule has 2 aromatic carbocycles. The zero-order valence-electron chi connectivity index (χ0n) is 19.8. The van der Waals surface area contributed by atoms with Crippen molar-refractivity contribution in [1.29, 1.82) is 0 Å². The van der Waals surface area contributed by atoms with E-state index < -0.39 is 6.04 Å². The summed E-state index contributed by atoms with van der Waals surface area (Å²) in [6.07, 6.45) is 0.835. The van der Waals surface area contributed by atoms with Crippen LogP contribution in [0.5, 0.6) is 11.5 Å². The molecule has 0 saturated heterocycles. The Bertz CT molecular complexity index is 1210. The van der Waals surface area contributed by atoms with Gasteiger partial charge in [0.15, 0.2) is 5.43 Å². The molecule has 1 aliphatic heterocycles. The second-order valence-corrected chi connectivity index (χ2v) is 8.83. The Labute approximate surface area is 193 Å². The fourth-order valence-corrected chi connectivity index (χ4v) is 4.26. The topological polar surface area (TPSA) is 72.2 Å². The highest BCUT2D eigenvalue weighted by Crippen LogP contribution is 2.39. The van der Waals surface area contributed by atoms with Gasteiger partial charge in [0.1, 0.15) is 17.1 Å². The maximum Gasteiger partial charge on any atom is 0.290 e. The molecular formula is C26H30N2O5. The van der Waals surface area contributed by atoms with Gasteiger partial charge in [-0.2, -0.15) is 0 Å². The van der Waals surface area contributed by atoms with Gasteiger partial charge in [-0.1, -0.05) is 12.1 Å². The average Bonchev–Trinajstić information content (AvgIpc) is 3.05. The molecule has 0 N–H and O–H groups in total. The lowest BCUT2D eigenvalue weighted by atomic mass is 9.98. The highest BCUT2D eigenvalue weighted by atomic mass is 16.5. The van der Waals surface area contributed by atoms with Crippen molar-refractivity contribution in [3.8, 4) is 11.5 Å². The van der Waals surface area contributed by atoms with Crippen LogP contribution in [0.4, 0.5) is 0 Å². The molecule has 1 atom stereocenters. The molecule has 1 aliphatic rings. The van der Waals surface area contributed by atoms with Gasteiger partial charge in [0, 0.05) is 12.6 Å². The third kappa shape index (κ3) is 4.46. The number of hydrogen-bond donors (Lipinski definition) is 0. The SMILES string of the molecule is COc1ccc2c(=O)c3c(oc2c1)C(=O)N(CCCN(C)C)[C@H]3c1ccc(OC(C)C)cc1. The number of carbonyl (C=O) groups excluding carboxylic acids is 1. The minimum absolute atomic E-state index is 0.0579. The quantitative estimate of drug-likeness (QED) is 0.515. The van der Waals surface area contributed by atoms with E-state index in [1.165, 1.54) is 0 Å². The normalized spacial score (nSPS) is 15.5. The fourth-order valence-electron chi connectivity index (χ4n) is 4.26. The molecule has 0 spiro atoms. The first-order valence-corrected chi connectivity index (χ1v) is 11.2. The predicted octanol–water partition coefficient (Wildman–Crippen LogP) is 4.09. The molecule has 33 heavy (non-hydrogen) atoms. The number of fused-ring (bicyclic) bond motifs is 2. The summed E-state index contributed by atoms with van der Waals surface area (Å²) in [5.74, 6) is 1.16. The Morgan fingerprint density at radius 1 is 1.06 bits per heavy atom. The first-order valence-electron chi connectivity index (χ1n) is 11.2. The molecule has 7 nitrogen and oxygen atoms in total. The molecule has 1 amide bonds. The number of ether oxygens (including phenoxy) is 2. The van der Waals surface area contributed by atoms with Crippen LogP contribution in [0.15, 0.2) is 51.7 Å². The lowest BCUT2D eigenvalue weighted by Crippen LogP contribution is -2.32. The summed E-state index contributed by atoms with van der Waals surface area (Å²) in [6.45, 7) is 5.28. The van der Waals surface area contributed by atoms with Crippen LogP contribution in [0.1, 0.15) is 48.0 Å². The molecule has 0 bridgehead atoms. The lowest BCUT2D eigenvalue weighted by Gasteiger charge is -2.26. The summed E-state index contributed by atoms with van der Waals surface area (Å²) in [6, 6.07) is 12.1. The van der Waals surface area contributed by atoms with E-state index in [1.54, 1.807) is 30.2 Å². The monoisotopic (exact) mass is 450 g/mol. The van der Waals surface area contributed by atoms with E-state index in [1.807, 2.05) is 52.2 Å². The van der Waals surface area contributed by atoms with Crippen molar-refractivity contribution in [2.45, 2.75) is 32.4 Å². The predicted molar refractivity (Wildman–Crippen MR) is 127 cm³/mol. The van der Waals surface area contributed by atoms with Crippen LogP contribution < -0.4 is 14.9 Å². The molecule has 0 saturated carbocycles. The number of rotatable bonds is 8. The maximum atomic E-state index is 13.6. The third-order valence-corrected chi connectivity index (χ3v) is 5.75. The Morgan fingerprint density at radius 3 is 2.39 bits per heavy atom. The Morgan fingerprint density at radius 2 is 1.76 bits per heavy atom. The number of methoxy groups -OCH3 is 1. The molecule has 0 radical (unpaired) electrons. The summed E-state index contributed by atoms with van der Waals surface area (Å²) >= 11 is 0. The number of carbonyl (C=O) groups is 1. The Balaban J connectivity index is 1.82. The van der Waals surface area contributed by atoms with Gasteiger partial charge in [-0.05, 0) is 70.7 Å². The summed E-state index contributed by atoms with van der Waals surface area (Å²) in [5.41, 5.74) is 1.40. The molecule has 0 aliphatic carbocycles. The van der Waals surface area contributed by atoms with E-state index in [0.717, 1.165) is 24.3 Å². The van der Waals surface area contributed by atoms with Crippen molar-refractivity contribution < 1.29 is 18.7 Å². The average molecular weight is 451 g/mol. The molecular weight excluding hydrogens is 420 g/mol. The van der Waals surface area contributed by atoms with Crippen molar-refractivity contribution in [3.63, 3.8) is 0 Å². The Kier molecular flexibility index (Phi) is 6.42. The molecule has 0 fully saturated rings. The molecule has 174 valence electrons. The Hall–Kier alpha value is -3.32. The van der Waals surface area contributed by atoms with E-state index in [4.69, 9.17) is 13.9 Å². The molecule has 7 heteroatoms. The number of benzene rings is 2. The first-order chi connectivity index (χ1) is 15.8. The summed E-state index contributed by atoms with van der Waals surface area (Å²) < 4.78 is 17.0. The van der Waals surface area contributed by atoms with Crippen LogP contribution in [0.3, 0.4) is 0 Å². The third-order valence-electron chi connectivity index (χ3n) is 5.75. The van der Waals surface area contributed by atoms with Crippen LogP contribution in [-0.4, -0.2) is 56.1 Å². The smallest absolute Gasteiger partial charge is 0.290 e.